The number of hydrogen-bond acceptors (Lipinski definition) is 3. The van der Waals surface area contributed by atoms with Crippen molar-refractivity contribution >= 4 is 34.8 Å². The van der Waals surface area contributed by atoms with Gasteiger partial charge in [0, 0.05) is 22.6 Å². The van der Waals surface area contributed by atoms with Gasteiger partial charge in [0.25, 0.3) is 5.91 Å². The maximum atomic E-state index is 13.6. The monoisotopic (exact) mass is 356 g/mol. The molecular formula is C19H21FN4O2. The van der Waals surface area contributed by atoms with Crippen LogP contribution < -0.4 is 10.6 Å². The normalized spacial score (nSPS) is 14.7. The topological polar surface area (TPSA) is 77.2 Å². The molecule has 2 heterocycles. The average molecular weight is 356 g/mol. The van der Waals surface area contributed by atoms with E-state index in [9.17, 15) is 14.0 Å². The Kier molecular flexibility index (Phi) is 4.65. The number of fused-ring (bicyclic) bond motifs is 1. The summed E-state index contributed by atoms with van der Waals surface area (Å²) in [4.78, 5) is 29.3. The van der Waals surface area contributed by atoms with Crippen molar-refractivity contribution in [3.63, 3.8) is 0 Å². The summed E-state index contributed by atoms with van der Waals surface area (Å²) in [5, 5.41) is 5.62. The lowest BCUT2D eigenvalue weighted by atomic mass is 10.0. The molecule has 0 radical (unpaired) electrons. The lowest BCUT2D eigenvalue weighted by molar-refractivity contribution is -0.116. The number of H-pyrrole nitrogens is 1. The SMILES string of the molecule is Cc1[nH]c(C=C2C(=O)Nc3ccc(F)cc32)c(C)c1NC(=O)CN(C)C. The van der Waals surface area contributed by atoms with E-state index in [-0.39, 0.29) is 18.4 Å². The molecule has 1 aliphatic rings. The summed E-state index contributed by atoms with van der Waals surface area (Å²) in [7, 11) is 3.64. The molecule has 3 N–H and O–H groups in total. The quantitative estimate of drug-likeness (QED) is 0.737. The molecule has 0 unspecified atom stereocenters. The summed E-state index contributed by atoms with van der Waals surface area (Å²) < 4.78 is 13.6. The zero-order chi connectivity index (χ0) is 19.0. The predicted octanol–water partition coefficient (Wildman–Crippen LogP) is 2.76. The second-order valence-electron chi connectivity index (χ2n) is 6.65. The first kappa shape index (κ1) is 17.9. The number of aryl methyl sites for hydroxylation is 1. The number of rotatable bonds is 4. The molecule has 1 aromatic carbocycles. The van der Waals surface area contributed by atoms with E-state index in [1.807, 2.05) is 27.9 Å². The van der Waals surface area contributed by atoms with Crippen LogP contribution in [0.25, 0.3) is 11.6 Å². The second-order valence-corrected chi connectivity index (χ2v) is 6.65. The van der Waals surface area contributed by atoms with Crippen LogP contribution in [0.5, 0.6) is 0 Å². The fourth-order valence-corrected chi connectivity index (χ4v) is 3.02. The standard InChI is InChI=1S/C19H21FN4O2/c1-10-16(21-11(2)18(10)23-17(25)9-24(3)4)8-14-13-7-12(20)5-6-15(13)22-19(14)26/h5-8,21H,9H2,1-4H3,(H,22,26)(H,23,25). The molecule has 3 rings (SSSR count). The molecular weight excluding hydrogens is 335 g/mol. The third-order valence-electron chi connectivity index (χ3n) is 4.25. The van der Waals surface area contributed by atoms with Crippen molar-refractivity contribution in [1.29, 1.82) is 0 Å². The fraction of sp³-hybridized carbons (Fsp3) is 0.263. The van der Waals surface area contributed by atoms with Gasteiger partial charge in [-0.25, -0.2) is 4.39 Å². The van der Waals surface area contributed by atoms with Crippen LogP contribution in [0.3, 0.4) is 0 Å². The van der Waals surface area contributed by atoms with E-state index in [0.717, 1.165) is 11.3 Å². The smallest absolute Gasteiger partial charge is 0.256 e. The number of carbonyl (C=O) groups excluding carboxylic acids is 2. The summed E-state index contributed by atoms with van der Waals surface area (Å²) in [5.41, 5.74) is 4.50. The Labute approximate surface area is 151 Å². The van der Waals surface area contributed by atoms with Crippen LogP contribution in [0.4, 0.5) is 15.8 Å². The molecule has 0 spiro atoms. The van der Waals surface area contributed by atoms with Crippen LogP contribution >= 0.6 is 0 Å². The molecule has 6 nitrogen and oxygen atoms in total. The number of aromatic amines is 1. The Morgan fingerprint density at radius 1 is 1.31 bits per heavy atom. The summed E-state index contributed by atoms with van der Waals surface area (Å²) in [5.74, 6) is -0.803. The largest absolute Gasteiger partial charge is 0.357 e. The molecule has 136 valence electrons. The number of nitrogens with zero attached hydrogens (tertiary/aromatic N) is 1. The fourth-order valence-electron chi connectivity index (χ4n) is 3.02. The molecule has 0 fully saturated rings. The summed E-state index contributed by atoms with van der Waals surface area (Å²) >= 11 is 0. The number of amides is 2. The minimum atomic E-state index is -0.401. The minimum absolute atomic E-state index is 0.120. The summed E-state index contributed by atoms with van der Waals surface area (Å²) in [6, 6.07) is 4.19. The second kappa shape index (κ2) is 6.76. The highest BCUT2D eigenvalue weighted by molar-refractivity contribution is 6.34. The van der Waals surface area contributed by atoms with Crippen molar-refractivity contribution < 1.29 is 14.0 Å². The van der Waals surface area contributed by atoms with Crippen LogP contribution in [0.15, 0.2) is 18.2 Å². The predicted molar refractivity (Wildman–Crippen MR) is 100 cm³/mol. The highest BCUT2D eigenvalue weighted by atomic mass is 19.1. The van der Waals surface area contributed by atoms with Gasteiger partial charge in [0.15, 0.2) is 0 Å². The van der Waals surface area contributed by atoms with Crippen LogP contribution in [0.2, 0.25) is 0 Å². The Hall–Kier alpha value is -2.93. The van der Waals surface area contributed by atoms with E-state index >= 15 is 0 Å². The first-order chi connectivity index (χ1) is 12.3. The van der Waals surface area contributed by atoms with E-state index < -0.39 is 5.82 Å². The molecule has 2 aromatic rings. The first-order valence-corrected chi connectivity index (χ1v) is 8.23. The van der Waals surface area contributed by atoms with Gasteiger partial charge in [-0.1, -0.05) is 0 Å². The van der Waals surface area contributed by atoms with Gasteiger partial charge >= 0.3 is 0 Å². The maximum absolute atomic E-state index is 13.6. The lowest BCUT2D eigenvalue weighted by Gasteiger charge is -2.10. The molecule has 0 saturated heterocycles. The van der Waals surface area contributed by atoms with E-state index in [1.54, 1.807) is 17.0 Å². The van der Waals surface area contributed by atoms with Gasteiger partial charge in [-0.15, -0.1) is 0 Å². The van der Waals surface area contributed by atoms with Gasteiger partial charge in [0.2, 0.25) is 5.91 Å². The molecule has 7 heteroatoms. The minimum Gasteiger partial charge on any atom is -0.357 e. The van der Waals surface area contributed by atoms with Crippen molar-refractivity contribution in [2.24, 2.45) is 0 Å². The number of likely N-dealkylation sites (N-methyl/N-ethyl adjacent to an activating group) is 1. The van der Waals surface area contributed by atoms with Crippen LogP contribution in [-0.4, -0.2) is 42.3 Å². The van der Waals surface area contributed by atoms with E-state index in [4.69, 9.17) is 0 Å². The number of hydrogen-bond donors (Lipinski definition) is 3. The van der Waals surface area contributed by atoms with Crippen molar-refractivity contribution in [1.82, 2.24) is 9.88 Å². The maximum Gasteiger partial charge on any atom is 0.256 e. The Morgan fingerprint density at radius 3 is 2.73 bits per heavy atom. The highest BCUT2D eigenvalue weighted by Crippen LogP contribution is 2.35. The van der Waals surface area contributed by atoms with Gasteiger partial charge in [0.1, 0.15) is 5.82 Å². The van der Waals surface area contributed by atoms with Crippen molar-refractivity contribution in [2.75, 3.05) is 31.3 Å². The van der Waals surface area contributed by atoms with Gasteiger partial charge in [0.05, 0.1) is 17.8 Å². The molecule has 0 bridgehead atoms. The summed E-state index contributed by atoms with van der Waals surface area (Å²) in [6.45, 7) is 3.98. The van der Waals surface area contributed by atoms with Gasteiger partial charge in [-0.05, 0) is 57.8 Å². The molecule has 0 aliphatic carbocycles. The van der Waals surface area contributed by atoms with Crippen molar-refractivity contribution in [3.8, 4) is 0 Å². The van der Waals surface area contributed by atoms with E-state index in [2.05, 4.69) is 15.6 Å². The van der Waals surface area contributed by atoms with Crippen LogP contribution in [-0.2, 0) is 9.59 Å². The Balaban J connectivity index is 1.96. The molecule has 1 aromatic heterocycles. The molecule has 2 amide bonds. The molecule has 1 aliphatic heterocycles. The lowest BCUT2D eigenvalue weighted by Crippen LogP contribution is -2.27. The number of halogens is 1. The summed E-state index contributed by atoms with van der Waals surface area (Å²) in [6.07, 6.45) is 1.69. The Bertz CT molecular complexity index is 928. The van der Waals surface area contributed by atoms with Gasteiger partial charge in [-0.2, -0.15) is 0 Å². The number of benzene rings is 1. The zero-order valence-corrected chi connectivity index (χ0v) is 15.2. The average Bonchev–Trinajstić information content (AvgIpc) is 2.98. The van der Waals surface area contributed by atoms with E-state index in [1.165, 1.54) is 12.1 Å². The van der Waals surface area contributed by atoms with Crippen molar-refractivity contribution in [3.05, 3.63) is 46.5 Å². The first-order valence-electron chi connectivity index (χ1n) is 8.23. The van der Waals surface area contributed by atoms with E-state index in [0.29, 0.717) is 28.2 Å². The van der Waals surface area contributed by atoms with Crippen LogP contribution in [0, 0.1) is 19.7 Å². The zero-order valence-electron chi connectivity index (χ0n) is 15.2. The number of carbonyl (C=O) groups is 2. The highest BCUT2D eigenvalue weighted by Gasteiger charge is 2.25. The molecule has 26 heavy (non-hydrogen) atoms. The number of aromatic nitrogens is 1. The third-order valence-corrected chi connectivity index (χ3v) is 4.25. The Morgan fingerprint density at radius 2 is 2.04 bits per heavy atom. The van der Waals surface area contributed by atoms with Gasteiger partial charge in [-0.3, -0.25) is 9.59 Å². The van der Waals surface area contributed by atoms with Gasteiger partial charge < -0.3 is 20.5 Å². The molecule has 0 saturated carbocycles. The third kappa shape index (κ3) is 3.39. The van der Waals surface area contributed by atoms with Crippen LogP contribution in [0.1, 0.15) is 22.5 Å². The number of anilines is 2. The van der Waals surface area contributed by atoms with Crippen molar-refractivity contribution in [2.45, 2.75) is 13.8 Å². The number of nitrogens with one attached hydrogen (secondary N) is 3. The molecule has 0 atom stereocenters.